The summed E-state index contributed by atoms with van der Waals surface area (Å²) in [6, 6.07) is 9.34. The highest BCUT2D eigenvalue weighted by Gasteiger charge is 2.02. The van der Waals surface area contributed by atoms with Crippen LogP contribution in [-0.2, 0) is 6.42 Å². The first-order valence-electron chi connectivity index (χ1n) is 7.20. The molecule has 3 heteroatoms. The average molecular weight is 281 g/mol. The summed E-state index contributed by atoms with van der Waals surface area (Å²) in [5, 5.41) is 12.2. The third-order valence-electron chi connectivity index (χ3n) is 3.13. The van der Waals surface area contributed by atoms with E-state index < -0.39 is 0 Å². The van der Waals surface area contributed by atoms with Crippen molar-refractivity contribution in [2.45, 2.75) is 39.2 Å². The molecule has 0 spiro atoms. The Balaban J connectivity index is 2.06. The van der Waals surface area contributed by atoms with E-state index in [0.717, 1.165) is 30.9 Å². The van der Waals surface area contributed by atoms with Crippen molar-refractivity contribution in [3.63, 3.8) is 0 Å². The second kappa shape index (κ2) is 10.3. The van der Waals surface area contributed by atoms with E-state index in [0.29, 0.717) is 12.6 Å². The van der Waals surface area contributed by atoms with Crippen molar-refractivity contribution in [3.8, 4) is 0 Å². The molecule has 2 nitrogen and oxygen atoms in total. The average Bonchev–Trinajstić information content (AvgIpc) is 2.40. The predicted octanol–water partition coefficient (Wildman–Crippen LogP) is 3.02. The molecule has 108 valence electrons. The summed E-state index contributed by atoms with van der Waals surface area (Å²) in [6.07, 6.45) is 3.24. The van der Waals surface area contributed by atoms with E-state index >= 15 is 0 Å². The highest BCUT2D eigenvalue weighted by Crippen LogP contribution is 2.08. The van der Waals surface area contributed by atoms with Crippen LogP contribution >= 0.6 is 11.8 Å². The monoisotopic (exact) mass is 281 g/mol. The topological polar surface area (TPSA) is 32.3 Å². The van der Waals surface area contributed by atoms with E-state index in [1.165, 1.54) is 17.5 Å². The van der Waals surface area contributed by atoms with Crippen molar-refractivity contribution in [1.29, 1.82) is 0 Å². The van der Waals surface area contributed by atoms with E-state index in [2.05, 4.69) is 43.4 Å². The summed E-state index contributed by atoms with van der Waals surface area (Å²) in [5.41, 5.74) is 2.78. The van der Waals surface area contributed by atoms with Crippen LogP contribution in [0.2, 0.25) is 0 Å². The minimum atomic E-state index is 0.313. The number of hydrogen-bond donors (Lipinski definition) is 2. The highest BCUT2D eigenvalue weighted by atomic mass is 32.2. The molecular formula is C16H27NOS. The van der Waals surface area contributed by atoms with Gasteiger partial charge in [0.25, 0.3) is 0 Å². The maximum Gasteiger partial charge on any atom is 0.0438 e. The molecule has 0 amide bonds. The van der Waals surface area contributed by atoms with E-state index in [4.69, 9.17) is 5.11 Å². The van der Waals surface area contributed by atoms with Crippen LogP contribution in [0.15, 0.2) is 24.3 Å². The smallest absolute Gasteiger partial charge is 0.0438 e. The molecular weight excluding hydrogens is 254 g/mol. The Hall–Kier alpha value is -0.510. The van der Waals surface area contributed by atoms with Gasteiger partial charge in [-0.2, -0.15) is 11.8 Å². The number of rotatable bonds is 10. The van der Waals surface area contributed by atoms with Gasteiger partial charge in [-0.1, -0.05) is 29.8 Å². The molecule has 1 unspecified atom stereocenters. The molecule has 0 fully saturated rings. The first-order valence-corrected chi connectivity index (χ1v) is 8.35. The number of aryl methyl sites for hydroxylation is 2. The highest BCUT2D eigenvalue weighted by molar-refractivity contribution is 7.99. The van der Waals surface area contributed by atoms with Crippen LogP contribution in [0.5, 0.6) is 0 Å². The van der Waals surface area contributed by atoms with Crippen LogP contribution in [0.3, 0.4) is 0 Å². The standard InChI is InChI=1S/C16H27NOS/c1-14-5-3-6-16(13-14)8-7-15(2)17-9-12-19-11-4-10-18/h3,5-6,13,15,17-18H,4,7-12H2,1-2H3. The molecule has 0 aliphatic rings. The largest absolute Gasteiger partial charge is 0.396 e. The molecule has 0 saturated carbocycles. The van der Waals surface area contributed by atoms with Crippen LogP contribution in [0.4, 0.5) is 0 Å². The zero-order chi connectivity index (χ0) is 13.9. The van der Waals surface area contributed by atoms with Crippen LogP contribution in [0.25, 0.3) is 0 Å². The van der Waals surface area contributed by atoms with E-state index in [1.54, 1.807) is 0 Å². The Morgan fingerprint density at radius 3 is 2.89 bits per heavy atom. The lowest BCUT2D eigenvalue weighted by Crippen LogP contribution is -2.28. The van der Waals surface area contributed by atoms with Crippen molar-refractivity contribution >= 4 is 11.8 Å². The quantitative estimate of drug-likeness (QED) is 0.647. The molecule has 0 saturated heterocycles. The molecule has 1 aromatic carbocycles. The second-order valence-electron chi connectivity index (χ2n) is 5.07. The van der Waals surface area contributed by atoms with Gasteiger partial charge in [-0.3, -0.25) is 0 Å². The van der Waals surface area contributed by atoms with Crippen molar-refractivity contribution < 1.29 is 5.11 Å². The second-order valence-corrected chi connectivity index (χ2v) is 6.30. The summed E-state index contributed by atoms with van der Waals surface area (Å²) < 4.78 is 0. The molecule has 0 aliphatic heterocycles. The number of aliphatic hydroxyl groups is 1. The molecule has 0 bridgehead atoms. The van der Waals surface area contributed by atoms with Gasteiger partial charge in [-0.05, 0) is 44.4 Å². The number of thioether (sulfide) groups is 1. The lowest BCUT2D eigenvalue weighted by Gasteiger charge is -2.13. The van der Waals surface area contributed by atoms with Gasteiger partial charge >= 0.3 is 0 Å². The molecule has 19 heavy (non-hydrogen) atoms. The lowest BCUT2D eigenvalue weighted by atomic mass is 10.0. The maximum atomic E-state index is 8.68. The van der Waals surface area contributed by atoms with E-state index in [1.807, 2.05) is 11.8 Å². The summed E-state index contributed by atoms with van der Waals surface area (Å²) in [7, 11) is 0. The van der Waals surface area contributed by atoms with Gasteiger partial charge in [0.15, 0.2) is 0 Å². The predicted molar refractivity (Wildman–Crippen MR) is 86.0 cm³/mol. The normalized spacial score (nSPS) is 12.6. The van der Waals surface area contributed by atoms with Gasteiger partial charge in [-0.25, -0.2) is 0 Å². The molecule has 0 heterocycles. The van der Waals surface area contributed by atoms with Gasteiger partial charge in [0.1, 0.15) is 0 Å². The van der Waals surface area contributed by atoms with Crippen molar-refractivity contribution in [2.24, 2.45) is 0 Å². The lowest BCUT2D eigenvalue weighted by molar-refractivity contribution is 0.296. The fraction of sp³-hybridized carbons (Fsp3) is 0.625. The minimum Gasteiger partial charge on any atom is -0.396 e. The zero-order valence-corrected chi connectivity index (χ0v) is 13.0. The third kappa shape index (κ3) is 8.30. The number of hydrogen-bond acceptors (Lipinski definition) is 3. The Labute approximate surface area is 122 Å². The SMILES string of the molecule is Cc1cccc(CCC(C)NCCSCCCO)c1. The Bertz CT molecular complexity index is 343. The molecule has 2 N–H and O–H groups in total. The molecule has 0 aliphatic carbocycles. The van der Waals surface area contributed by atoms with Gasteiger partial charge in [-0.15, -0.1) is 0 Å². The Morgan fingerprint density at radius 1 is 1.32 bits per heavy atom. The summed E-state index contributed by atoms with van der Waals surface area (Å²) >= 11 is 1.91. The summed E-state index contributed by atoms with van der Waals surface area (Å²) in [6.45, 7) is 5.78. The summed E-state index contributed by atoms with van der Waals surface area (Å²) in [4.78, 5) is 0. The van der Waals surface area contributed by atoms with E-state index in [9.17, 15) is 0 Å². The Kier molecular flexibility index (Phi) is 8.97. The number of benzene rings is 1. The van der Waals surface area contributed by atoms with Crippen LogP contribution in [-0.4, -0.2) is 35.8 Å². The van der Waals surface area contributed by atoms with Gasteiger partial charge in [0.05, 0.1) is 0 Å². The molecule has 1 aromatic rings. The molecule has 0 radical (unpaired) electrons. The van der Waals surface area contributed by atoms with Crippen molar-refractivity contribution in [2.75, 3.05) is 24.7 Å². The van der Waals surface area contributed by atoms with Gasteiger partial charge < -0.3 is 10.4 Å². The van der Waals surface area contributed by atoms with Crippen LogP contribution in [0, 0.1) is 6.92 Å². The van der Waals surface area contributed by atoms with Crippen molar-refractivity contribution in [1.82, 2.24) is 5.32 Å². The fourth-order valence-corrected chi connectivity index (χ4v) is 2.80. The first kappa shape index (κ1) is 16.5. The van der Waals surface area contributed by atoms with Crippen molar-refractivity contribution in [3.05, 3.63) is 35.4 Å². The van der Waals surface area contributed by atoms with Gasteiger partial charge in [0.2, 0.25) is 0 Å². The van der Waals surface area contributed by atoms with Gasteiger partial charge in [0, 0.05) is 24.9 Å². The van der Waals surface area contributed by atoms with E-state index in [-0.39, 0.29) is 0 Å². The third-order valence-corrected chi connectivity index (χ3v) is 4.20. The Morgan fingerprint density at radius 2 is 2.16 bits per heavy atom. The molecule has 0 aromatic heterocycles. The maximum absolute atomic E-state index is 8.68. The van der Waals surface area contributed by atoms with Crippen LogP contribution in [0.1, 0.15) is 30.9 Å². The minimum absolute atomic E-state index is 0.313. The first-order chi connectivity index (χ1) is 9.22. The fourth-order valence-electron chi connectivity index (χ4n) is 2.00. The number of aliphatic hydroxyl groups excluding tert-OH is 1. The summed E-state index contributed by atoms with van der Waals surface area (Å²) in [5.74, 6) is 2.20. The molecule has 1 rings (SSSR count). The number of nitrogens with one attached hydrogen (secondary N) is 1. The van der Waals surface area contributed by atoms with Crippen LogP contribution < -0.4 is 5.32 Å². The zero-order valence-electron chi connectivity index (χ0n) is 12.2. The molecule has 1 atom stereocenters.